The van der Waals surface area contributed by atoms with Gasteiger partial charge in [0, 0.05) is 6.54 Å². The van der Waals surface area contributed by atoms with Crippen LogP contribution in [0.3, 0.4) is 0 Å². The minimum absolute atomic E-state index is 0.120. The molecule has 2 rings (SSSR count). The number of rotatable bonds is 2. The van der Waals surface area contributed by atoms with Gasteiger partial charge in [-0.1, -0.05) is 0 Å². The van der Waals surface area contributed by atoms with Gasteiger partial charge in [0.2, 0.25) is 5.88 Å². The lowest BCUT2D eigenvalue weighted by molar-refractivity contribution is 0.395. The van der Waals surface area contributed by atoms with E-state index in [1.807, 2.05) is 0 Å². The second-order valence-corrected chi connectivity index (χ2v) is 4.08. The van der Waals surface area contributed by atoms with E-state index in [2.05, 4.69) is 20.6 Å². The van der Waals surface area contributed by atoms with Gasteiger partial charge in [-0.3, -0.25) is 10.6 Å². The van der Waals surface area contributed by atoms with Gasteiger partial charge >= 0.3 is 0 Å². The predicted octanol–water partition coefficient (Wildman–Crippen LogP) is 0.132. The van der Waals surface area contributed by atoms with Crippen LogP contribution in [0, 0.1) is 6.92 Å². The maximum absolute atomic E-state index is 5.93. The smallest absolute Gasteiger partial charge is 0.240 e. The van der Waals surface area contributed by atoms with Crippen LogP contribution in [0.2, 0.25) is 0 Å². The van der Waals surface area contributed by atoms with Crippen molar-refractivity contribution in [2.24, 2.45) is 0 Å². The number of alkyl halides is 1. The molecule has 1 fully saturated rings. The van der Waals surface area contributed by atoms with Gasteiger partial charge in [0.15, 0.2) is 0 Å². The highest BCUT2D eigenvalue weighted by Gasteiger charge is 2.27. The molecule has 0 radical (unpaired) electrons. The number of anilines is 1. The maximum Gasteiger partial charge on any atom is 0.240 e. The van der Waals surface area contributed by atoms with Crippen LogP contribution in [-0.2, 0) is 0 Å². The van der Waals surface area contributed by atoms with Crippen LogP contribution in [0.15, 0.2) is 0 Å². The molecular weight excluding hydrogens is 230 g/mol. The van der Waals surface area contributed by atoms with Crippen molar-refractivity contribution in [3.8, 4) is 5.88 Å². The molecule has 0 bridgehead atoms. The van der Waals surface area contributed by atoms with E-state index < -0.39 is 0 Å². The van der Waals surface area contributed by atoms with Gasteiger partial charge in [0.25, 0.3) is 0 Å². The SMILES string of the molecule is COc1nc(C)nc(C2NCC(Cl)N2)c1N. The molecule has 4 N–H and O–H groups in total. The molecule has 1 aromatic heterocycles. The molecule has 0 aromatic carbocycles. The number of nitrogens with one attached hydrogen (secondary N) is 2. The van der Waals surface area contributed by atoms with Gasteiger partial charge < -0.3 is 10.5 Å². The molecule has 0 aliphatic carbocycles. The monoisotopic (exact) mass is 243 g/mol. The zero-order valence-corrected chi connectivity index (χ0v) is 9.88. The highest BCUT2D eigenvalue weighted by atomic mass is 35.5. The molecule has 7 heteroatoms. The fourth-order valence-electron chi connectivity index (χ4n) is 1.65. The molecule has 2 heterocycles. The summed E-state index contributed by atoms with van der Waals surface area (Å²) in [7, 11) is 1.53. The van der Waals surface area contributed by atoms with Crippen LogP contribution in [0.5, 0.6) is 5.88 Å². The molecule has 1 aliphatic heterocycles. The van der Waals surface area contributed by atoms with Crippen molar-refractivity contribution >= 4 is 17.3 Å². The van der Waals surface area contributed by atoms with Crippen molar-refractivity contribution in [1.82, 2.24) is 20.6 Å². The standard InChI is InChI=1S/C9H14ClN5O/c1-4-13-7(6(11)9(14-4)16-2)8-12-3-5(10)15-8/h5,8,12,15H,3,11H2,1-2H3. The van der Waals surface area contributed by atoms with Crippen LogP contribution in [0.1, 0.15) is 17.7 Å². The third kappa shape index (κ3) is 2.04. The van der Waals surface area contributed by atoms with E-state index >= 15 is 0 Å². The quantitative estimate of drug-likeness (QED) is 0.506. The van der Waals surface area contributed by atoms with Crippen LogP contribution in [-0.4, -0.2) is 29.1 Å². The third-order valence-corrected chi connectivity index (χ3v) is 2.65. The number of methoxy groups -OCH3 is 1. The van der Waals surface area contributed by atoms with E-state index in [1.165, 1.54) is 7.11 Å². The average Bonchev–Trinajstić information content (AvgIpc) is 2.67. The van der Waals surface area contributed by atoms with Gasteiger partial charge in [-0.2, -0.15) is 4.98 Å². The molecule has 1 saturated heterocycles. The van der Waals surface area contributed by atoms with E-state index in [9.17, 15) is 0 Å². The Bertz CT molecular complexity index is 400. The maximum atomic E-state index is 5.93. The van der Waals surface area contributed by atoms with Crippen molar-refractivity contribution in [2.75, 3.05) is 19.4 Å². The number of ether oxygens (including phenoxy) is 1. The Morgan fingerprint density at radius 3 is 2.81 bits per heavy atom. The summed E-state index contributed by atoms with van der Waals surface area (Å²) >= 11 is 5.93. The molecular formula is C9H14ClN5O. The number of nitrogens with zero attached hydrogens (tertiary/aromatic N) is 2. The predicted molar refractivity (Wildman–Crippen MR) is 61.3 cm³/mol. The molecule has 6 nitrogen and oxygen atoms in total. The van der Waals surface area contributed by atoms with E-state index in [0.29, 0.717) is 29.6 Å². The molecule has 0 amide bonds. The molecule has 1 aromatic rings. The van der Waals surface area contributed by atoms with Crippen molar-refractivity contribution in [2.45, 2.75) is 18.6 Å². The highest BCUT2D eigenvalue weighted by molar-refractivity contribution is 6.20. The first kappa shape index (κ1) is 11.4. The second-order valence-electron chi connectivity index (χ2n) is 3.55. The van der Waals surface area contributed by atoms with Gasteiger partial charge in [0.1, 0.15) is 23.4 Å². The summed E-state index contributed by atoms with van der Waals surface area (Å²) in [4.78, 5) is 8.39. The van der Waals surface area contributed by atoms with Crippen LogP contribution < -0.4 is 21.1 Å². The Balaban J connectivity index is 2.36. The lowest BCUT2D eigenvalue weighted by atomic mass is 10.2. The minimum Gasteiger partial charge on any atom is -0.479 e. The summed E-state index contributed by atoms with van der Waals surface area (Å²) in [6.45, 7) is 2.45. The molecule has 2 atom stereocenters. The lowest BCUT2D eigenvalue weighted by Gasteiger charge is -2.15. The summed E-state index contributed by atoms with van der Waals surface area (Å²) in [5.74, 6) is 1.01. The molecule has 2 unspecified atom stereocenters. The summed E-state index contributed by atoms with van der Waals surface area (Å²) < 4.78 is 5.09. The fraction of sp³-hybridized carbons (Fsp3) is 0.556. The summed E-state index contributed by atoms with van der Waals surface area (Å²) in [5, 5.41) is 6.29. The summed E-state index contributed by atoms with van der Waals surface area (Å²) in [6, 6.07) is 0. The number of aryl methyl sites for hydroxylation is 1. The first-order valence-corrected chi connectivity index (χ1v) is 5.37. The number of halogens is 1. The summed E-state index contributed by atoms with van der Waals surface area (Å²) in [6.07, 6.45) is -0.155. The van der Waals surface area contributed by atoms with Crippen LogP contribution >= 0.6 is 11.6 Å². The van der Waals surface area contributed by atoms with Crippen LogP contribution in [0.25, 0.3) is 0 Å². The minimum atomic E-state index is -0.155. The first-order valence-electron chi connectivity index (χ1n) is 4.93. The number of hydrogen-bond acceptors (Lipinski definition) is 6. The molecule has 0 spiro atoms. The van der Waals surface area contributed by atoms with Crippen molar-refractivity contribution in [3.63, 3.8) is 0 Å². The molecule has 88 valence electrons. The van der Waals surface area contributed by atoms with E-state index in [0.717, 1.165) is 0 Å². The Kier molecular flexibility index (Phi) is 3.13. The second kappa shape index (κ2) is 4.40. The van der Waals surface area contributed by atoms with E-state index in [1.54, 1.807) is 6.92 Å². The summed E-state index contributed by atoms with van der Waals surface area (Å²) in [5.41, 5.74) is 6.90. The first-order chi connectivity index (χ1) is 7.61. The molecule has 1 aliphatic rings. The Morgan fingerprint density at radius 2 is 2.25 bits per heavy atom. The van der Waals surface area contributed by atoms with Crippen LogP contribution in [0.4, 0.5) is 5.69 Å². The zero-order chi connectivity index (χ0) is 11.7. The zero-order valence-electron chi connectivity index (χ0n) is 9.12. The van der Waals surface area contributed by atoms with Crippen molar-refractivity contribution in [3.05, 3.63) is 11.5 Å². The largest absolute Gasteiger partial charge is 0.479 e. The van der Waals surface area contributed by atoms with Gasteiger partial charge in [-0.15, -0.1) is 11.6 Å². The molecule has 16 heavy (non-hydrogen) atoms. The van der Waals surface area contributed by atoms with Gasteiger partial charge in [-0.25, -0.2) is 4.98 Å². The Hall–Kier alpha value is -1.11. The van der Waals surface area contributed by atoms with Crippen molar-refractivity contribution in [1.29, 1.82) is 0 Å². The number of nitrogens with two attached hydrogens (primary N) is 1. The van der Waals surface area contributed by atoms with Gasteiger partial charge in [0.05, 0.1) is 12.6 Å². The van der Waals surface area contributed by atoms with Crippen molar-refractivity contribution < 1.29 is 4.74 Å². The molecule has 0 saturated carbocycles. The number of nitrogen functional groups attached to an aromatic ring is 1. The topological polar surface area (TPSA) is 85.1 Å². The third-order valence-electron chi connectivity index (χ3n) is 2.37. The highest BCUT2D eigenvalue weighted by Crippen LogP contribution is 2.27. The van der Waals surface area contributed by atoms with E-state index in [4.69, 9.17) is 22.1 Å². The van der Waals surface area contributed by atoms with E-state index in [-0.39, 0.29) is 11.7 Å². The van der Waals surface area contributed by atoms with Gasteiger partial charge in [-0.05, 0) is 6.92 Å². The number of aromatic nitrogens is 2. The average molecular weight is 244 g/mol. The Labute approximate surface area is 98.5 Å². The normalized spacial score (nSPS) is 24.7. The Morgan fingerprint density at radius 1 is 1.50 bits per heavy atom. The lowest BCUT2D eigenvalue weighted by Crippen LogP contribution is -2.26. The number of hydrogen-bond donors (Lipinski definition) is 3. The fourth-order valence-corrected chi connectivity index (χ4v) is 1.86.